The number of hydrogen-bond donors (Lipinski definition) is 0. The molecule has 2 aromatic rings. The molecule has 6 heteroatoms. The zero-order valence-electron chi connectivity index (χ0n) is 20.8. The van der Waals surface area contributed by atoms with Crippen LogP contribution in [-0.2, 0) is 9.47 Å². The molecular formula is C28H36N4O2. The van der Waals surface area contributed by atoms with Crippen LogP contribution in [0.25, 0.3) is 0 Å². The Bertz CT molecular complexity index is 984. The van der Waals surface area contributed by atoms with E-state index in [9.17, 15) is 0 Å². The molecule has 0 saturated carbocycles. The molecule has 0 N–H and O–H groups in total. The van der Waals surface area contributed by atoms with Gasteiger partial charge in [-0.15, -0.1) is 0 Å². The fourth-order valence-corrected chi connectivity index (χ4v) is 4.81. The van der Waals surface area contributed by atoms with Crippen molar-refractivity contribution in [1.82, 2.24) is 0 Å². The smallest absolute Gasteiger partial charge is 0.218 e. The van der Waals surface area contributed by atoms with Crippen molar-refractivity contribution >= 4 is 23.2 Å². The van der Waals surface area contributed by atoms with Gasteiger partial charge in [0.2, 0.25) is 11.8 Å². The van der Waals surface area contributed by atoms with E-state index in [1.807, 2.05) is 0 Å². The molecule has 0 aromatic heterocycles. The maximum absolute atomic E-state index is 6.02. The lowest BCUT2D eigenvalue weighted by molar-refractivity contribution is 0.291. The first-order valence-corrected chi connectivity index (χ1v) is 12.6. The monoisotopic (exact) mass is 460 g/mol. The Morgan fingerprint density at radius 2 is 1.03 bits per heavy atom. The van der Waals surface area contributed by atoms with Crippen LogP contribution < -0.4 is 9.80 Å². The molecule has 0 bridgehead atoms. The number of aliphatic imine (C=N–C) groups is 2. The van der Waals surface area contributed by atoms with Crippen LogP contribution in [0.1, 0.15) is 38.8 Å². The standard InChI is InChI=1S/C28H36N4O2/c1-19(2)23-17-33-27(29-23)21-9-5-7-11-25(21)31-13-15-32(16-14-31)26-12-8-6-10-22(26)28-30-24(18-34-28)20(3)4/h5-12,19-20,23-24H,13-18H2,1-4H3. The van der Waals surface area contributed by atoms with Gasteiger partial charge >= 0.3 is 0 Å². The summed E-state index contributed by atoms with van der Waals surface area (Å²) in [6.45, 7) is 13.9. The van der Waals surface area contributed by atoms with Gasteiger partial charge in [-0.3, -0.25) is 0 Å². The molecule has 2 aromatic carbocycles. The van der Waals surface area contributed by atoms with Gasteiger partial charge < -0.3 is 19.3 Å². The van der Waals surface area contributed by atoms with E-state index >= 15 is 0 Å². The summed E-state index contributed by atoms with van der Waals surface area (Å²) in [6, 6.07) is 17.5. The first kappa shape index (κ1) is 22.8. The van der Waals surface area contributed by atoms with Crippen molar-refractivity contribution in [3.05, 3.63) is 59.7 Å². The maximum atomic E-state index is 6.02. The molecule has 3 heterocycles. The van der Waals surface area contributed by atoms with Crippen LogP contribution >= 0.6 is 0 Å². The molecular weight excluding hydrogens is 424 g/mol. The Kier molecular flexibility index (Phi) is 6.48. The lowest BCUT2D eigenvalue weighted by Gasteiger charge is -2.38. The largest absolute Gasteiger partial charge is 0.475 e. The van der Waals surface area contributed by atoms with Gasteiger partial charge in [-0.05, 0) is 36.1 Å². The Balaban J connectivity index is 1.32. The summed E-state index contributed by atoms with van der Waals surface area (Å²) in [5.74, 6) is 2.55. The van der Waals surface area contributed by atoms with Crippen molar-refractivity contribution in [2.75, 3.05) is 49.2 Å². The molecule has 2 unspecified atom stereocenters. The topological polar surface area (TPSA) is 49.7 Å². The van der Waals surface area contributed by atoms with Gasteiger partial charge in [0.05, 0.1) is 23.2 Å². The number of ether oxygens (including phenoxy) is 2. The number of anilines is 2. The SMILES string of the molecule is CC(C)C1COC(c2ccccc2N2CCN(c3ccccc3C3=NC(C(C)C)CO3)CC2)=N1. The lowest BCUT2D eigenvalue weighted by Crippen LogP contribution is -2.47. The number of benzene rings is 2. The van der Waals surface area contributed by atoms with E-state index in [-0.39, 0.29) is 12.1 Å². The first-order chi connectivity index (χ1) is 16.5. The fraction of sp³-hybridized carbons (Fsp3) is 0.500. The summed E-state index contributed by atoms with van der Waals surface area (Å²) in [5, 5.41) is 0. The van der Waals surface area contributed by atoms with Crippen molar-refractivity contribution in [3.63, 3.8) is 0 Å². The van der Waals surface area contributed by atoms with Crippen molar-refractivity contribution < 1.29 is 9.47 Å². The van der Waals surface area contributed by atoms with Gasteiger partial charge in [-0.25, -0.2) is 9.98 Å². The van der Waals surface area contributed by atoms with Crippen molar-refractivity contribution in [3.8, 4) is 0 Å². The predicted octanol–water partition coefficient (Wildman–Crippen LogP) is 4.62. The van der Waals surface area contributed by atoms with Gasteiger partial charge in [0.25, 0.3) is 0 Å². The number of para-hydroxylation sites is 2. The number of piperazine rings is 1. The van der Waals surface area contributed by atoms with E-state index in [0.717, 1.165) is 49.1 Å². The second-order valence-corrected chi connectivity index (χ2v) is 10.1. The van der Waals surface area contributed by atoms with E-state index in [1.165, 1.54) is 11.4 Å². The van der Waals surface area contributed by atoms with Gasteiger partial charge in [-0.2, -0.15) is 0 Å². The van der Waals surface area contributed by atoms with E-state index in [4.69, 9.17) is 19.5 Å². The summed E-state index contributed by atoms with van der Waals surface area (Å²) in [4.78, 5) is 14.7. The molecule has 3 aliphatic rings. The Morgan fingerprint density at radius 3 is 1.38 bits per heavy atom. The molecule has 0 spiro atoms. The van der Waals surface area contributed by atoms with Crippen LogP contribution in [0.3, 0.4) is 0 Å². The molecule has 1 fully saturated rings. The van der Waals surface area contributed by atoms with Crippen molar-refractivity contribution in [2.45, 2.75) is 39.8 Å². The highest BCUT2D eigenvalue weighted by Crippen LogP contribution is 2.30. The molecule has 6 nitrogen and oxygen atoms in total. The van der Waals surface area contributed by atoms with Gasteiger partial charge in [0.1, 0.15) is 13.2 Å². The summed E-state index contributed by atoms with van der Waals surface area (Å²) in [7, 11) is 0. The minimum Gasteiger partial charge on any atom is -0.475 e. The minimum absolute atomic E-state index is 0.243. The van der Waals surface area contributed by atoms with Gasteiger partial charge in [0.15, 0.2) is 0 Å². The number of hydrogen-bond acceptors (Lipinski definition) is 6. The number of rotatable bonds is 6. The maximum Gasteiger partial charge on any atom is 0.218 e. The molecule has 1 saturated heterocycles. The predicted molar refractivity (Wildman–Crippen MR) is 140 cm³/mol. The molecule has 5 rings (SSSR count). The Morgan fingerprint density at radius 1 is 0.647 bits per heavy atom. The van der Waals surface area contributed by atoms with Gasteiger partial charge in [0, 0.05) is 37.6 Å². The van der Waals surface area contributed by atoms with Crippen LogP contribution in [-0.4, -0.2) is 63.3 Å². The average molecular weight is 461 g/mol. The van der Waals surface area contributed by atoms with Crippen LogP contribution in [0.4, 0.5) is 11.4 Å². The third kappa shape index (κ3) is 4.50. The van der Waals surface area contributed by atoms with E-state index in [0.29, 0.717) is 25.0 Å². The second-order valence-electron chi connectivity index (χ2n) is 10.1. The second kappa shape index (κ2) is 9.69. The molecule has 0 amide bonds. The van der Waals surface area contributed by atoms with E-state index in [1.54, 1.807) is 0 Å². The molecule has 180 valence electrons. The van der Waals surface area contributed by atoms with Gasteiger partial charge in [-0.1, -0.05) is 52.0 Å². The summed E-state index contributed by atoms with van der Waals surface area (Å²) < 4.78 is 12.0. The molecule has 2 atom stereocenters. The van der Waals surface area contributed by atoms with Crippen LogP contribution in [0.15, 0.2) is 58.5 Å². The Labute approximate surface area is 203 Å². The minimum atomic E-state index is 0.243. The Hall–Kier alpha value is -3.02. The first-order valence-electron chi connectivity index (χ1n) is 12.6. The molecule has 0 radical (unpaired) electrons. The summed E-state index contributed by atoms with van der Waals surface area (Å²) in [6.07, 6.45) is 0. The molecule has 34 heavy (non-hydrogen) atoms. The lowest BCUT2D eigenvalue weighted by atomic mass is 10.1. The average Bonchev–Trinajstić information content (AvgIpc) is 3.55. The van der Waals surface area contributed by atoms with Crippen molar-refractivity contribution in [2.24, 2.45) is 21.8 Å². The van der Waals surface area contributed by atoms with Crippen molar-refractivity contribution in [1.29, 1.82) is 0 Å². The van der Waals surface area contributed by atoms with Crippen LogP contribution in [0, 0.1) is 11.8 Å². The molecule has 0 aliphatic carbocycles. The van der Waals surface area contributed by atoms with E-state index < -0.39 is 0 Å². The highest BCUT2D eigenvalue weighted by molar-refractivity contribution is 6.01. The van der Waals surface area contributed by atoms with Crippen LogP contribution in [0.5, 0.6) is 0 Å². The van der Waals surface area contributed by atoms with Crippen LogP contribution in [0.2, 0.25) is 0 Å². The number of nitrogens with zero attached hydrogens (tertiary/aromatic N) is 4. The highest BCUT2D eigenvalue weighted by atomic mass is 16.5. The van der Waals surface area contributed by atoms with E-state index in [2.05, 4.69) is 86.0 Å². The summed E-state index contributed by atoms with van der Waals surface area (Å²) >= 11 is 0. The third-order valence-corrected chi connectivity index (χ3v) is 7.12. The third-order valence-electron chi connectivity index (χ3n) is 7.12. The quantitative estimate of drug-likeness (QED) is 0.631. The zero-order valence-corrected chi connectivity index (χ0v) is 20.8. The highest BCUT2D eigenvalue weighted by Gasteiger charge is 2.29. The fourth-order valence-electron chi connectivity index (χ4n) is 4.81. The molecule has 3 aliphatic heterocycles. The normalized spacial score (nSPS) is 22.6. The summed E-state index contributed by atoms with van der Waals surface area (Å²) in [5.41, 5.74) is 4.63. The zero-order chi connectivity index (χ0) is 23.7.